The molecule has 0 aliphatic carbocycles. The maximum absolute atomic E-state index is 12.3. The number of amides is 1. The van der Waals surface area contributed by atoms with Crippen LogP contribution in [0.1, 0.15) is 5.56 Å². The van der Waals surface area contributed by atoms with Crippen LogP contribution in [0, 0.1) is 0 Å². The van der Waals surface area contributed by atoms with E-state index in [1.54, 1.807) is 0 Å². The number of aromatic nitrogens is 2. The highest BCUT2D eigenvalue weighted by Gasteiger charge is 2.06. The first-order valence-corrected chi connectivity index (χ1v) is 10.2. The molecule has 3 aromatic carbocycles. The first-order chi connectivity index (χ1) is 15.2. The topological polar surface area (TPSA) is 64.0 Å². The Kier molecular flexibility index (Phi) is 6.33. The van der Waals surface area contributed by atoms with E-state index < -0.39 is 0 Å². The zero-order chi connectivity index (χ0) is 21.5. The summed E-state index contributed by atoms with van der Waals surface area (Å²) in [6.45, 7) is 0.743. The van der Waals surface area contributed by atoms with Gasteiger partial charge in [0.05, 0.1) is 18.4 Å². The quantitative estimate of drug-likeness (QED) is 0.503. The van der Waals surface area contributed by atoms with Crippen molar-refractivity contribution in [2.45, 2.75) is 13.0 Å². The van der Waals surface area contributed by atoms with Crippen molar-refractivity contribution in [3.8, 4) is 22.4 Å². The molecule has 0 saturated heterocycles. The third-order valence-electron chi connectivity index (χ3n) is 5.05. The zero-order valence-corrected chi connectivity index (χ0v) is 17.1. The van der Waals surface area contributed by atoms with E-state index in [9.17, 15) is 9.59 Å². The summed E-state index contributed by atoms with van der Waals surface area (Å²) in [6.07, 6.45) is 1.83. The highest BCUT2D eigenvalue weighted by atomic mass is 16.1. The number of hydrogen-bond donors (Lipinski definition) is 1. The summed E-state index contributed by atoms with van der Waals surface area (Å²) >= 11 is 0. The Balaban J connectivity index is 1.29. The average Bonchev–Trinajstić information content (AvgIpc) is 2.82. The summed E-state index contributed by atoms with van der Waals surface area (Å²) in [6, 6.07) is 29.2. The molecule has 0 aliphatic rings. The van der Waals surface area contributed by atoms with E-state index in [2.05, 4.69) is 22.4 Å². The lowest BCUT2D eigenvalue weighted by molar-refractivity contribution is -0.120. The molecule has 0 aliphatic heterocycles. The number of rotatable bonds is 7. The molecule has 0 spiro atoms. The fraction of sp³-hybridized carbons (Fsp3) is 0.115. The molecule has 0 atom stereocenters. The Morgan fingerprint density at radius 1 is 0.806 bits per heavy atom. The van der Waals surface area contributed by atoms with Gasteiger partial charge in [-0.05, 0) is 16.7 Å². The minimum atomic E-state index is -0.139. The van der Waals surface area contributed by atoms with E-state index in [0.29, 0.717) is 25.2 Å². The van der Waals surface area contributed by atoms with Gasteiger partial charge in [0.1, 0.15) is 0 Å². The van der Waals surface area contributed by atoms with E-state index in [-0.39, 0.29) is 11.5 Å². The van der Waals surface area contributed by atoms with Crippen LogP contribution in [0.25, 0.3) is 22.4 Å². The van der Waals surface area contributed by atoms with Gasteiger partial charge in [-0.2, -0.15) is 0 Å². The molecular weight excluding hydrogens is 386 g/mol. The van der Waals surface area contributed by atoms with Gasteiger partial charge in [0, 0.05) is 24.7 Å². The Hall–Kier alpha value is -3.99. The fourth-order valence-corrected chi connectivity index (χ4v) is 3.37. The second-order valence-electron chi connectivity index (χ2n) is 7.26. The zero-order valence-electron chi connectivity index (χ0n) is 17.1. The van der Waals surface area contributed by atoms with E-state index in [1.165, 1.54) is 17.0 Å². The second kappa shape index (κ2) is 9.67. The van der Waals surface area contributed by atoms with Crippen molar-refractivity contribution in [3.63, 3.8) is 0 Å². The summed E-state index contributed by atoms with van der Waals surface area (Å²) in [5.41, 5.74) is 4.62. The van der Waals surface area contributed by atoms with Crippen LogP contribution < -0.4 is 10.9 Å². The molecule has 1 N–H and O–H groups in total. The molecule has 5 heteroatoms. The molecule has 1 aromatic heterocycles. The van der Waals surface area contributed by atoms with E-state index in [4.69, 9.17) is 0 Å². The molecule has 0 bridgehead atoms. The third kappa shape index (κ3) is 5.34. The Morgan fingerprint density at radius 3 is 2.06 bits per heavy atom. The number of carbonyl (C=O) groups excluding carboxylic acids is 1. The molecule has 0 unspecified atom stereocenters. The molecule has 5 nitrogen and oxygen atoms in total. The molecule has 0 saturated carbocycles. The van der Waals surface area contributed by atoms with Crippen LogP contribution in [-0.4, -0.2) is 22.0 Å². The number of nitrogens with one attached hydrogen (secondary N) is 1. The Morgan fingerprint density at radius 2 is 1.42 bits per heavy atom. The predicted octanol–water partition coefficient (Wildman–Crippen LogP) is 3.94. The number of benzene rings is 3. The largest absolute Gasteiger partial charge is 0.354 e. The van der Waals surface area contributed by atoms with Gasteiger partial charge in [0.2, 0.25) is 5.91 Å². The van der Waals surface area contributed by atoms with Crippen LogP contribution in [0.2, 0.25) is 0 Å². The molecular formula is C26H23N3O2. The lowest BCUT2D eigenvalue weighted by atomic mass is 10.0. The van der Waals surface area contributed by atoms with Gasteiger partial charge in [-0.3, -0.25) is 14.2 Å². The van der Waals surface area contributed by atoms with Crippen molar-refractivity contribution < 1.29 is 4.79 Å². The average molecular weight is 409 g/mol. The first kappa shape index (κ1) is 20.3. The SMILES string of the molecule is O=C(Cc1ccc(-c2ccccc2)cc1)NCCn1cnc(-c2ccccc2)cc1=O. The lowest BCUT2D eigenvalue weighted by Gasteiger charge is -2.09. The van der Waals surface area contributed by atoms with Crippen LogP contribution in [0.5, 0.6) is 0 Å². The molecule has 31 heavy (non-hydrogen) atoms. The lowest BCUT2D eigenvalue weighted by Crippen LogP contribution is -2.31. The van der Waals surface area contributed by atoms with Gasteiger partial charge >= 0.3 is 0 Å². The molecule has 1 amide bonds. The van der Waals surface area contributed by atoms with Crippen LogP contribution in [0.4, 0.5) is 0 Å². The molecule has 4 rings (SSSR count). The van der Waals surface area contributed by atoms with Crippen LogP contribution in [0.3, 0.4) is 0 Å². The maximum atomic E-state index is 12.3. The van der Waals surface area contributed by atoms with E-state index >= 15 is 0 Å². The van der Waals surface area contributed by atoms with Crippen LogP contribution in [-0.2, 0) is 17.8 Å². The van der Waals surface area contributed by atoms with Gasteiger partial charge < -0.3 is 5.32 Å². The number of carbonyl (C=O) groups is 1. The van der Waals surface area contributed by atoms with Crippen molar-refractivity contribution in [2.24, 2.45) is 0 Å². The van der Waals surface area contributed by atoms with Crippen molar-refractivity contribution in [2.75, 3.05) is 6.54 Å². The van der Waals surface area contributed by atoms with Crippen LogP contribution in [0.15, 0.2) is 102 Å². The standard InChI is InChI=1S/C26H23N3O2/c30-25(17-20-11-13-22(14-12-20)21-7-3-1-4-8-21)27-15-16-29-19-28-24(18-26(29)31)23-9-5-2-6-10-23/h1-14,18-19H,15-17H2,(H,27,30). The summed E-state index contributed by atoms with van der Waals surface area (Å²) < 4.78 is 1.50. The molecule has 1 heterocycles. The smallest absolute Gasteiger partial charge is 0.253 e. The third-order valence-corrected chi connectivity index (χ3v) is 5.05. The van der Waals surface area contributed by atoms with Gasteiger partial charge in [0.25, 0.3) is 5.56 Å². The molecule has 0 radical (unpaired) electrons. The highest BCUT2D eigenvalue weighted by molar-refractivity contribution is 5.78. The molecule has 4 aromatic rings. The van der Waals surface area contributed by atoms with Crippen LogP contribution >= 0.6 is 0 Å². The summed E-state index contributed by atoms with van der Waals surface area (Å²) in [4.78, 5) is 29.0. The fourth-order valence-electron chi connectivity index (χ4n) is 3.37. The second-order valence-corrected chi connectivity index (χ2v) is 7.26. The highest BCUT2D eigenvalue weighted by Crippen LogP contribution is 2.19. The van der Waals surface area contributed by atoms with Gasteiger partial charge in [0.15, 0.2) is 0 Å². The monoisotopic (exact) mass is 409 g/mol. The summed E-state index contributed by atoms with van der Waals surface area (Å²) in [5, 5.41) is 2.87. The Labute approximate surface area is 181 Å². The minimum Gasteiger partial charge on any atom is -0.354 e. The van der Waals surface area contributed by atoms with Gasteiger partial charge in [-0.1, -0.05) is 84.9 Å². The van der Waals surface area contributed by atoms with Crippen molar-refractivity contribution in [1.29, 1.82) is 0 Å². The molecule has 154 valence electrons. The van der Waals surface area contributed by atoms with Gasteiger partial charge in [-0.25, -0.2) is 4.98 Å². The van der Waals surface area contributed by atoms with E-state index in [1.807, 2.05) is 72.8 Å². The first-order valence-electron chi connectivity index (χ1n) is 10.2. The maximum Gasteiger partial charge on any atom is 0.253 e. The normalized spacial score (nSPS) is 10.6. The minimum absolute atomic E-state index is 0.0747. The number of nitrogens with zero attached hydrogens (tertiary/aromatic N) is 2. The van der Waals surface area contributed by atoms with Crippen molar-refractivity contribution >= 4 is 5.91 Å². The summed E-state index contributed by atoms with van der Waals surface area (Å²) in [5.74, 6) is -0.0747. The van der Waals surface area contributed by atoms with E-state index in [0.717, 1.165) is 22.3 Å². The predicted molar refractivity (Wildman–Crippen MR) is 123 cm³/mol. The summed E-state index contributed by atoms with van der Waals surface area (Å²) in [7, 11) is 0. The van der Waals surface area contributed by atoms with Crippen molar-refractivity contribution in [1.82, 2.24) is 14.9 Å². The Bertz CT molecular complexity index is 1200. The molecule has 0 fully saturated rings. The van der Waals surface area contributed by atoms with Gasteiger partial charge in [-0.15, -0.1) is 0 Å². The van der Waals surface area contributed by atoms with Crippen molar-refractivity contribution in [3.05, 3.63) is 113 Å². The number of hydrogen-bond acceptors (Lipinski definition) is 3.